The summed E-state index contributed by atoms with van der Waals surface area (Å²) in [5.74, 6) is 0.383. The molecule has 3 N–H and O–H groups in total. The largest absolute Gasteiger partial charge is 0.330 e. The second-order valence-corrected chi connectivity index (χ2v) is 7.20. The van der Waals surface area contributed by atoms with Gasteiger partial charge in [-0.15, -0.1) is 0 Å². The van der Waals surface area contributed by atoms with Crippen molar-refractivity contribution < 1.29 is 0 Å². The minimum absolute atomic E-state index is 0.383. The highest BCUT2D eigenvalue weighted by atomic mass is 35.5. The lowest BCUT2D eigenvalue weighted by Gasteiger charge is -2.17. The quantitative estimate of drug-likeness (QED) is 0.630. The highest BCUT2D eigenvalue weighted by Gasteiger charge is 2.10. The second-order valence-electron chi connectivity index (χ2n) is 6.76. The zero-order chi connectivity index (χ0) is 18.1. The third-order valence-electron chi connectivity index (χ3n) is 4.45. The monoisotopic (exact) mass is 359 g/mol. The molecule has 3 nitrogen and oxygen atoms in total. The number of hydrogen-bond acceptors (Lipinski definition) is 3. The van der Waals surface area contributed by atoms with E-state index in [9.17, 15) is 0 Å². The second kappa shape index (κ2) is 10.6. The highest BCUT2D eigenvalue weighted by Crippen LogP contribution is 2.26. The molecule has 0 bridgehead atoms. The van der Waals surface area contributed by atoms with Gasteiger partial charge in [-0.2, -0.15) is 0 Å². The first-order valence-electron chi connectivity index (χ1n) is 9.01. The first-order chi connectivity index (χ1) is 12.1. The predicted molar refractivity (Wildman–Crippen MR) is 109 cm³/mol. The molecule has 2 aromatic rings. The van der Waals surface area contributed by atoms with Crippen LogP contribution in [0.3, 0.4) is 0 Å². The molecule has 0 aliphatic carbocycles. The van der Waals surface area contributed by atoms with Crippen LogP contribution in [0, 0.1) is 0 Å². The van der Waals surface area contributed by atoms with Crippen molar-refractivity contribution in [2.45, 2.75) is 18.8 Å². The van der Waals surface area contributed by atoms with Crippen molar-refractivity contribution in [3.8, 4) is 11.1 Å². The first-order valence-corrected chi connectivity index (χ1v) is 9.39. The fourth-order valence-corrected chi connectivity index (χ4v) is 3.08. The van der Waals surface area contributed by atoms with Gasteiger partial charge in [0.15, 0.2) is 0 Å². The maximum Gasteiger partial charge on any atom is 0.0406 e. The summed E-state index contributed by atoms with van der Waals surface area (Å²) >= 11 is 5.99. The van der Waals surface area contributed by atoms with E-state index >= 15 is 0 Å². The van der Waals surface area contributed by atoms with E-state index in [0.29, 0.717) is 12.5 Å². The maximum absolute atomic E-state index is 6.04. The highest BCUT2D eigenvalue weighted by molar-refractivity contribution is 6.30. The fourth-order valence-electron chi connectivity index (χ4n) is 2.96. The fraction of sp³-hybridized carbons (Fsp3) is 0.429. The number of nitrogens with two attached hydrogens (primary N) is 1. The first kappa shape index (κ1) is 19.9. The molecule has 0 saturated carbocycles. The van der Waals surface area contributed by atoms with Gasteiger partial charge in [0.2, 0.25) is 0 Å². The van der Waals surface area contributed by atoms with E-state index in [4.69, 9.17) is 17.3 Å². The number of hydrogen-bond donors (Lipinski definition) is 2. The Labute approximate surface area is 157 Å². The topological polar surface area (TPSA) is 41.3 Å². The van der Waals surface area contributed by atoms with Crippen LogP contribution in [0.15, 0.2) is 48.5 Å². The van der Waals surface area contributed by atoms with Gasteiger partial charge in [0.25, 0.3) is 0 Å². The molecule has 1 unspecified atom stereocenters. The Balaban J connectivity index is 1.91. The zero-order valence-electron chi connectivity index (χ0n) is 15.3. The van der Waals surface area contributed by atoms with Crippen LogP contribution in [0.2, 0.25) is 5.02 Å². The van der Waals surface area contributed by atoms with Crippen LogP contribution in [0.25, 0.3) is 11.1 Å². The Bertz CT molecular complexity index is 625. The van der Waals surface area contributed by atoms with Crippen LogP contribution in [-0.2, 0) is 0 Å². The molecule has 0 amide bonds. The van der Waals surface area contributed by atoms with Crippen LogP contribution in [-0.4, -0.2) is 45.2 Å². The lowest BCUT2D eigenvalue weighted by Crippen LogP contribution is -2.24. The van der Waals surface area contributed by atoms with E-state index in [1.165, 1.54) is 23.1 Å². The van der Waals surface area contributed by atoms with E-state index < -0.39 is 0 Å². The molecule has 0 spiro atoms. The summed E-state index contributed by atoms with van der Waals surface area (Å²) in [6.07, 6.45) is 2.23. The summed E-state index contributed by atoms with van der Waals surface area (Å²) in [5, 5.41) is 4.29. The number of rotatable bonds is 10. The van der Waals surface area contributed by atoms with Gasteiger partial charge >= 0.3 is 0 Å². The molecule has 0 heterocycles. The normalized spacial score (nSPS) is 12.5. The van der Waals surface area contributed by atoms with Crippen molar-refractivity contribution in [2.75, 3.05) is 40.3 Å². The van der Waals surface area contributed by atoms with Gasteiger partial charge in [-0.25, -0.2) is 0 Å². The van der Waals surface area contributed by atoms with Crippen molar-refractivity contribution in [1.29, 1.82) is 0 Å². The molecule has 1 atom stereocenters. The van der Waals surface area contributed by atoms with Gasteiger partial charge in [0, 0.05) is 5.02 Å². The standard InChI is InChI=1S/C21H30ClN3/c1-25(2)14-4-12-24-13-11-20(16-23)19-6-3-5-18(15-19)17-7-9-21(22)10-8-17/h3,5-10,15,20,24H,4,11-14,16,23H2,1-2H3. The average Bonchev–Trinajstić information content (AvgIpc) is 2.61. The molecule has 0 aliphatic rings. The SMILES string of the molecule is CN(C)CCCNCCC(CN)c1cccc(-c2ccc(Cl)cc2)c1. The van der Waals surface area contributed by atoms with E-state index in [1.54, 1.807) is 0 Å². The number of nitrogens with zero attached hydrogens (tertiary/aromatic N) is 1. The Morgan fingerprint density at radius 3 is 2.48 bits per heavy atom. The summed E-state index contributed by atoms with van der Waals surface area (Å²) < 4.78 is 0. The van der Waals surface area contributed by atoms with Gasteiger partial charge in [0.1, 0.15) is 0 Å². The summed E-state index contributed by atoms with van der Waals surface area (Å²) in [7, 11) is 4.22. The number of nitrogens with one attached hydrogen (secondary N) is 1. The lowest BCUT2D eigenvalue weighted by atomic mass is 9.92. The smallest absolute Gasteiger partial charge is 0.0406 e. The van der Waals surface area contributed by atoms with E-state index in [2.05, 4.69) is 60.7 Å². The lowest BCUT2D eigenvalue weighted by molar-refractivity contribution is 0.393. The van der Waals surface area contributed by atoms with Crippen LogP contribution in [0.5, 0.6) is 0 Å². The molecule has 0 saturated heterocycles. The maximum atomic E-state index is 6.04. The summed E-state index contributed by atoms with van der Waals surface area (Å²) in [6, 6.07) is 16.7. The molecular formula is C21H30ClN3. The molecule has 0 aliphatic heterocycles. The molecule has 0 aromatic heterocycles. The number of benzene rings is 2. The number of halogens is 1. The van der Waals surface area contributed by atoms with Crippen LogP contribution in [0.1, 0.15) is 24.3 Å². The summed E-state index contributed by atoms with van der Waals surface area (Å²) in [4.78, 5) is 2.21. The van der Waals surface area contributed by atoms with Crippen molar-refractivity contribution in [3.05, 3.63) is 59.1 Å². The van der Waals surface area contributed by atoms with Crippen molar-refractivity contribution in [1.82, 2.24) is 10.2 Å². The van der Waals surface area contributed by atoms with Gasteiger partial charge in [-0.3, -0.25) is 0 Å². The zero-order valence-corrected chi connectivity index (χ0v) is 16.1. The molecule has 25 heavy (non-hydrogen) atoms. The minimum atomic E-state index is 0.383. The Morgan fingerprint density at radius 2 is 1.80 bits per heavy atom. The van der Waals surface area contributed by atoms with Crippen LogP contribution in [0.4, 0.5) is 0 Å². The molecule has 2 aromatic carbocycles. The van der Waals surface area contributed by atoms with Crippen LogP contribution >= 0.6 is 11.6 Å². The summed E-state index contributed by atoms with van der Waals surface area (Å²) in [5.41, 5.74) is 9.75. The van der Waals surface area contributed by atoms with E-state index in [-0.39, 0.29) is 0 Å². The van der Waals surface area contributed by atoms with Crippen molar-refractivity contribution >= 4 is 11.6 Å². The van der Waals surface area contributed by atoms with Crippen molar-refractivity contribution in [3.63, 3.8) is 0 Å². The Hall–Kier alpha value is -1.39. The predicted octanol–water partition coefficient (Wildman–Crippen LogP) is 3.98. The molecule has 0 radical (unpaired) electrons. The van der Waals surface area contributed by atoms with E-state index in [1.807, 2.05) is 12.1 Å². The van der Waals surface area contributed by atoms with Gasteiger partial charge in [0.05, 0.1) is 0 Å². The van der Waals surface area contributed by atoms with Gasteiger partial charge < -0.3 is 16.0 Å². The minimum Gasteiger partial charge on any atom is -0.330 e. The summed E-state index contributed by atoms with van der Waals surface area (Å²) in [6.45, 7) is 3.85. The molecule has 2 rings (SSSR count). The third kappa shape index (κ3) is 6.79. The Morgan fingerprint density at radius 1 is 1.04 bits per heavy atom. The van der Waals surface area contributed by atoms with Crippen LogP contribution < -0.4 is 11.1 Å². The molecular weight excluding hydrogens is 330 g/mol. The average molecular weight is 360 g/mol. The molecule has 4 heteroatoms. The van der Waals surface area contributed by atoms with Gasteiger partial charge in [-0.05, 0) is 87.9 Å². The third-order valence-corrected chi connectivity index (χ3v) is 4.70. The molecule has 136 valence electrons. The van der Waals surface area contributed by atoms with Crippen molar-refractivity contribution in [2.24, 2.45) is 5.73 Å². The van der Waals surface area contributed by atoms with Gasteiger partial charge in [-0.1, -0.05) is 48.0 Å². The Kier molecular flexibility index (Phi) is 8.42. The van der Waals surface area contributed by atoms with E-state index in [0.717, 1.165) is 31.1 Å². The molecule has 0 fully saturated rings.